The van der Waals surface area contributed by atoms with Crippen molar-refractivity contribution in [1.82, 2.24) is 15.1 Å². The number of nitrogens with zero attached hydrogens (tertiary/aromatic N) is 2. The summed E-state index contributed by atoms with van der Waals surface area (Å²) in [4.78, 5) is 12.3. The number of amides is 1. The van der Waals surface area contributed by atoms with Crippen molar-refractivity contribution in [1.29, 1.82) is 0 Å². The number of carbonyl (C=O) groups excluding carboxylic acids is 1. The van der Waals surface area contributed by atoms with Crippen LogP contribution in [0.5, 0.6) is 0 Å². The van der Waals surface area contributed by atoms with E-state index in [0.717, 1.165) is 38.2 Å². The summed E-state index contributed by atoms with van der Waals surface area (Å²) < 4.78 is 1.79. The molecule has 0 bridgehead atoms. The lowest BCUT2D eigenvalue weighted by molar-refractivity contribution is -0.122. The Balaban J connectivity index is 2.10. The molecule has 5 heteroatoms. The number of hydrogen-bond acceptors (Lipinski definition) is 3. The summed E-state index contributed by atoms with van der Waals surface area (Å²) in [6, 6.07) is 1.83. The van der Waals surface area contributed by atoms with Crippen LogP contribution in [0.3, 0.4) is 0 Å². The fourth-order valence-corrected chi connectivity index (χ4v) is 2.39. The van der Waals surface area contributed by atoms with Crippen LogP contribution in [0.25, 0.3) is 0 Å². The lowest BCUT2D eigenvalue weighted by atomic mass is 9.93. The molecule has 2 N–H and O–H groups in total. The first-order valence-corrected chi connectivity index (χ1v) is 6.30. The summed E-state index contributed by atoms with van der Waals surface area (Å²) in [7, 11) is 0. The second-order valence-electron chi connectivity index (χ2n) is 4.45. The second kappa shape index (κ2) is 4.87. The maximum absolute atomic E-state index is 12.3. The number of aryl methyl sites for hydroxylation is 1. The van der Waals surface area contributed by atoms with Crippen LogP contribution in [-0.4, -0.2) is 27.8 Å². The van der Waals surface area contributed by atoms with Crippen LogP contribution in [0.2, 0.25) is 0 Å². The highest BCUT2D eigenvalue weighted by Crippen LogP contribution is 2.24. The minimum absolute atomic E-state index is 0.0627. The standard InChI is InChI=1S/C12H20N4O/c1-3-12(7-5-8-13-12)11(17)15-10-6-9-14-16(10)4-2/h6,9,13H,3-5,7-8H2,1-2H3,(H,15,17). The van der Waals surface area contributed by atoms with E-state index in [4.69, 9.17) is 0 Å². The Morgan fingerprint density at radius 2 is 2.47 bits per heavy atom. The highest BCUT2D eigenvalue weighted by molar-refractivity contribution is 5.97. The van der Waals surface area contributed by atoms with E-state index in [-0.39, 0.29) is 11.4 Å². The molecule has 2 heterocycles. The van der Waals surface area contributed by atoms with Crippen LogP contribution in [0.4, 0.5) is 5.82 Å². The SMILES string of the molecule is CCn1nccc1NC(=O)C1(CC)CCCN1. The van der Waals surface area contributed by atoms with E-state index in [0.29, 0.717) is 0 Å². The van der Waals surface area contributed by atoms with Gasteiger partial charge in [0, 0.05) is 12.6 Å². The van der Waals surface area contributed by atoms with Crippen molar-refractivity contribution in [3.05, 3.63) is 12.3 Å². The van der Waals surface area contributed by atoms with Gasteiger partial charge in [-0.1, -0.05) is 6.92 Å². The number of aromatic nitrogens is 2. The van der Waals surface area contributed by atoms with E-state index < -0.39 is 0 Å². The Morgan fingerprint density at radius 1 is 1.65 bits per heavy atom. The second-order valence-corrected chi connectivity index (χ2v) is 4.45. The maximum atomic E-state index is 12.3. The summed E-state index contributed by atoms with van der Waals surface area (Å²) in [5.74, 6) is 0.840. The molecular formula is C12H20N4O. The Bertz CT molecular complexity index is 393. The minimum atomic E-state index is -0.386. The molecule has 1 aromatic heterocycles. The number of hydrogen-bond donors (Lipinski definition) is 2. The summed E-state index contributed by atoms with van der Waals surface area (Å²) in [6.07, 6.45) is 4.50. The zero-order chi connectivity index (χ0) is 12.3. The average Bonchev–Trinajstić information content (AvgIpc) is 2.97. The Hall–Kier alpha value is -1.36. The lowest BCUT2D eigenvalue weighted by Crippen LogP contribution is -2.50. The zero-order valence-electron chi connectivity index (χ0n) is 10.5. The molecule has 0 radical (unpaired) electrons. The van der Waals surface area contributed by atoms with Crippen LogP contribution in [0.1, 0.15) is 33.1 Å². The van der Waals surface area contributed by atoms with Crippen LogP contribution in [-0.2, 0) is 11.3 Å². The maximum Gasteiger partial charge on any atom is 0.245 e. The van der Waals surface area contributed by atoms with E-state index in [9.17, 15) is 4.79 Å². The molecule has 2 rings (SSSR count). The molecule has 0 aliphatic carbocycles. The Kier molecular flexibility index (Phi) is 3.47. The van der Waals surface area contributed by atoms with Gasteiger partial charge in [-0.25, -0.2) is 4.68 Å². The highest BCUT2D eigenvalue weighted by Gasteiger charge is 2.39. The molecule has 1 aliphatic heterocycles. The lowest BCUT2D eigenvalue weighted by Gasteiger charge is -2.26. The van der Waals surface area contributed by atoms with Gasteiger partial charge in [0.1, 0.15) is 5.82 Å². The van der Waals surface area contributed by atoms with Crippen molar-refractivity contribution in [2.75, 3.05) is 11.9 Å². The van der Waals surface area contributed by atoms with E-state index >= 15 is 0 Å². The molecular weight excluding hydrogens is 216 g/mol. The number of carbonyl (C=O) groups is 1. The van der Waals surface area contributed by atoms with Gasteiger partial charge in [0.05, 0.1) is 11.7 Å². The third-order valence-electron chi connectivity index (χ3n) is 3.54. The zero-order valence-corrected chi connectivity index (χ0v) is 10.5. The van der Waals surface area contributed by atoms with Gasteiger partial charge in [0.25, 0.3) is 0 Å². The van der Waals surface area contributed by atoms with E-state index in [2.05, 4.69) is 22.7 Å². The highest BCUT2D eigenvalue weighted by atomic mass is 16.2. The van der Waals surface area contributed by atoms with Crippen LogP contribution in [0, 0.1) is 0 Å². The monoisotopic (exact) mass is 236 g/mol. The molecule has 0 aromatic carbocycles. The van der Waals surface area contributed by atoms with Gasteiger partial charge in [-0.3, -0.25) is 4.79 Å². The Morgan fingerprint density at radius 3 is 3.06 bits per heavy atom. The predicted octanol–water partition coefficient (Wildman–Crippen LogP) is 1.37. The van der Waals surface area contributed by atoms with E-state index in [1.165, 1.54) is 0 Å². The molecule has 94 valence electrons. The van der Waals surface area contributed by atoms with E-state index in [1.54, 1.807) is 10.9 Å². The van der Waals surface area contributed by atoms with Gasteiger partial charge in [-0.15, -0.1) is 0 Å². The van der Waals surface area contributed by atoms with Crippen LogP contribution in [0.15, 0.2) is 12.3 Å². The fraction of sp³-hybridized carbons (Fsp3) is 0.667. The number of rotatable bonds is 4. The van der Waals surface area contributed by atoms with Crippen molar-refractivity contribution < 1.29 is 4.79 Å². The first-order valence-electron chi connectivity index (χ1n) is 6.30. The molecule has 1 unspecified atom stereocenters. The van der Waals surface area contributed by atoms with Crippen molar-refractivity contribution in [3.8, 4) is 0 Å². The number of nitrogens with one attached hydrogen (secondary N) is 2. The molecule has 5 nitrogen and oxygen atoms in total. The summed E-state index contributed by atoms with van der Waals surface area (Å²) in [6.45, 7) is 5.74. The first-order chi connectivity index (χ1) is 8.22. The summed E-state index contributed by atoms with van der Waals surface area (Å²) >= 11 is 0. The quantitative estimate of drug-likeness (QED) is 0.830. The molecule has 1 saturated heterocycles. The molecule has 1 fully saturated rings. The summed E-state index contributed by atoms with van der Waals surface area (Å²) in [5, 5.41) is 10.4. The van der Waals surface area contributed by atoms with Crippen molar-refractivity contribution in [2.45, 2.75) is 45.2 Å². The number of anilines is 1. The molecule has 17 heavy (non-hydrogen) atoms. The van der Waals surface area contributed by atoms with Gasteiger partial charge < -0.3 is 10.6 Å². The third kappa shape index (κ3) is 2.20. The summed E-state index contributed by atoms with van der Waals surface area (Å²) in [5.41, 5.74) is -0.386. The van der Waals surface area contributed by atoms with Gasteiger partial charge >= 0.3 is 0 Å². The molecule has 0 saturated carbocycles. The molecule has 1 aromatic rings. The minimum Gasteiger partial charge on any atom is -0.309 e. The van der Waals surface area contributed by atoms with E-state index in [1.807, 2.05) is 13.0 Å². The van der Waals surface area contributed by atoms with Crippen molar-refractivity contribution in [2.24, 2.45) is 0 Å². The van der Waals surface area contributed by atoms with Gasteiger partial charge in [-0.05, 0) is 32.7 Å². The van der Waals surface area contributed by atoms with Crippen LogP contribution < -0.4 is 10.6 Å². The van der Waals surface area contributed by atoms with Gasteiger partial charge in [-0.2, -0.15) is 5.10 Å². The average molecular weight is 236 g/mol. The molecule has 1 amide bonds. The normalized spacial score (nSPS) is 23.9. The smallest absolute Gasteiger partial charge is 0.245 e. The predicted molar refractivity (Wildman–Crippen MR) is 66.8 cm³/mol. The molecule has 1 aliphatic rings. The van der Waals surface area contributed by atoms with Crippen LogP contribution >= 0.6 is 0 Å². The molecule has 1 atom stereocenters. The third-order valence-corrected chi connectivity index (χ3v) is 3.54. The van der Waals surface area contributed by atoms with Crippen molar-refractivity contribution in [3.63, 3.8) is 0 Å². The molecule has 0 spiro atoms. The van der Waals surface area contributed by atoms with Crippen molar-refractivity contribution >= 4 is 11.7 Å². The largest absolute Gasteiger partial charge is 0.309 e. The Labute approximate surface area is 102 Å². The van der Waals surface area contributed by atoms with Gasteiger partial charge in [0.15, 0.2) is 0 Å². The fourth-order valence-electron chi connectivity index (χ4n) is 2.39. The first kappa shape index (κ1) is 12.1. The topological polar surface area (TPSA) is 59.0 Å². The van der Waals surface area contributed by atoms with Gasteiger partial charge in [0.2, 0.25) is 5.91 Å².